The lowest BCUT2D eigenvalue weighted by atomic mass is 10.3. The van der Waals surface area contributed by atoms with Gasteiger partial charge in [0, 0.05) is 18.1 Å². The number of hydrogen-bond acceptors (Lipinski definition) is 2. The van der Waals surface area contributed by atoms with Gasteiger partial charge in [-0.3, -0.25) is 0 Å². The molecule has 94 valence electrons. The summed E-state index contributed by atoms with van der Waals surface area (Å²) < 4.78 is 37.4. The molecule has 6 heteroatoms. The Hall–Kier alpha value is -0.970. The van der Waals surface area contributed by atoms with Crippen LogP contribution in [0.3, 0.4) is 0 Å². The van der Waals surface area contributed by atoms with E-state index in [1.54, 1.807) is 12.1 Å². The molecule has 1 aliphatic carbocycles. The molecule has 0 amide bonds. The van der Waals surface area contributed by atoms with Gasteiger partial charge in [-0.25, -0.2) is 4.98 Å². The highest BCUT2D eigenvalue weighted by Crippen LogP contribution is 2.33. The summed E-state index contributed by atoms with van der Waals surface area (Å²) >= 11 is 5.66. The van der Waals surface area contributed by atoms with E-state index in [1.165, 1.54) is 11.1 Å². The molecular weight excluding hydrogens is 253 g/mol. The maximum absolute atomic E-state index is 12.5. The Bertz CT molecular complexity index is 391. The molecule has 0 spiro atoms. The number of pyridine rings is 1. The van der Waals surface area contributed by atoms with Crippen molar-refractivity contribution >= 4 is 17.4 Å². The van der Waals surface area contributed by atoms with Gasteiger partial charge in [-0.05, 0) is 30.5 Å². The van der Waals surface area contributed by atoms with Crippen LogP contribution in [-0.2, 0) is 5.88 Å². The van der Waals surface area contributed by atoms with E-state index in [9.17, 15) is 13.2 Å². The van der Waals surface area contributed by atoms with Gasteiger partial charge in [0.25, 0.3) is 0 Å². The normalized spacial score (nSPS) is 16.0. The quantitative estimate of drug-likeness (QED) is 0.776. The summed E-state index contributed by atoms with van der Waals surface area (Å²) in [7, 11) is 0. The van der Waals surface area contributed by atoms with Gasteiger partial charge in [0.2, 0.25) is 0 Å². The first kappa shape index (κ1) is 12.5. The molecule has 2 nitrogen and oxygen atoms in total. The number of halogens is 4. The van der Waals surface area contributed by atoms with E-state index in [2.05, 4.69) is 4.98 Å². The van der Waals surface area contributed by atoms with E-state index in [-0.39, 0.29) is 11.9 Å². The predicted octanol–water partition coefficient (Wildman–Crippen LogP) is 3.35. The molecule has 2 rings (SSSR count). The van der Waals surface area contributed by atoms with Crippen LogP contribution in [0, 0.1) is 0 Å². The second-order valence-corrected chi connectivity index (χ2v) is 4.40. The Balaban J connectivity index is 2.19. The Labute approximate surface area is 102 Å². The Morgan fingerprint density at radius 2 is 2.12 bits per heavy atom. The Morgan fingerprint density at radius 3 is 2.65 bits per heavy atom. The minimum Gasteiger partial charge on any atom is -0.345 e. The average molecular weight is 265 g/mol. The first-order valence-electron chi connectivity index (χ1n) is 5.34. The average Bonchev–Trinajstić information content (AvgIpc) is 3.09. The lowest BCUT2D eigenvalue weighted by Gasteiger charge is -2.24. The fourth-order valence-corrected chi connectivity index (χ4v) is 1.84. The van der Waals surface area contributed by atoms with Gasteiger partial charge in [0.15, 0.2) is 0 Å². The zero-order valence-electron chi connectivity index (χ0n) is 9.04. The van der Waals surface area contributed by atoms with Gasteiger partial charge in [-0.15, -0.1) is 11.6 Å². The van der Waals surface area contributed by atoms with Crippen molar-refractivity contribution in [3.8, 4) is 0 Å². The summed E-state index contributed by atoms with van der Waals surface area (Å²) in [5, 5.41) is 0. The van der Waals surface area contributed by atoms with Crippen LogP contribution in [0.15, 0.2) is 18.3 Å². The molecule has 0 unspecified atom stereocenters. The van der Waals surface area contributed by atoms with Crippen LogP contribution in [0.2, 0.25) is 0 Å². The molecule has 1 saturated carbocycles. The molecule has 0 aromatic carbocycles. The number of nitrogens with zero attached hydrogens (tertiary/aromatic N) is 2. The Morgan fingerprint density at radius 1 is 1.41 bits per heavy atom. The van der Waals surface area contributed by atoms with Crippen LogP contribution in [0.5, 0.6) is 0 Å². The summed E-state index contributed by atoms with van der Waals surface area (Å²) in [5.74, 6) is 0.642. The first-order valence-corrected chi connectivity index (χ1v) is 5.87. The monoisotopic (exact) mass is 264 g/mol. The minimum atomic E-state index is -4.21. The van der Waals surface area contributed by atoms with Crippen molar-refractivity contribution in [1.82, 2.24) is 4.98 Å². The van der Waals surface area contributed by atoms with Gasteiger partial charge >= 0.3 is 6.18 Å². The van der Waals surface area contributed by atoms with Gasteiger partial charge in [-0.2, -0.15) is 13.2 Å². The van der Waals surface area contributed by atoms with E-state index >= 15 is 0 Å². The van der Waals surface area contributed by atoms with Crippen LogP contribution in [0.1, 0.15) is 18.4 Å². The van der Waals surface area contributed by atoms with Crippen molar-refractivity contribution in [2.24, 2.45) is 0 Å². The summed E-state index contributed by atoms with van der Waals surface area (Å²) in [6.45, 7) is -0.948. The number of hydrogen-bond donors (Lipinski definition) is 0. The van der Waals surface area contributed by atoms with Crippen molar-refractivity contribution in [2.75, 3.05) is 11.4 Å². The number of alkyl halides is 4. The van der Waals surface area contributed by atoms with Crippen molar-refractivity contribution in [3.05, 3.63) is 23.9 Å². The molecule has 1 aromatic heterocycles. The third kappa shape index (κ3) is 3.49. The highest BCUT2D eigenvalue weighted by molar-refractivity contribution is 6.17. The molecule has 1 heterocycles. The van der Waals surface area contributed by atoms with Gasteiger partial charge in [-0.1, -0.05) is 0 Å². The molecule has 0 N–H and O–H groups in total. The lowest BCUT2D eigenvalue weighted by molar-refractivity contribution is -0.120. The van der Waals surface area contributed by atoms with E-state index in [0.29, 0.717) is 5.82 Å². The molecule has 0 radical (unpaired) electrons. The smallest absolute Gasteiger partial charge is 0.345 e. The molecule has 0 aliphatic heterocycles. The molecule has 17 heavy (non-hydrogen) atoms. The first-order chi connectivity index (χ1) is 7.99. The van der Waals surface area contributed by atoms with Crippen molar-refractivity contribution in [2.45, 2.75) is 30.9 Å². The molecule has 1 aliphatic rings. The van der Waals surface area contributed by atoms with Crippen molar-refractivity contribution in [3.63, 3.8) is 0 Å². The molecule has 0 saturated heterocycles. The largest absolute Gasteiger partial charge is 0.405 e. The lowest BCUT2D eigenvalue weighted by Crippen LogP contribution is -2.36. The fourth-order valence-electron chi connectivity index (χ4n) is 1.68. The van der Waals surface area contributed by atoms with E-state index in [0.717, 1.165) is 18.4 Å². The number of anilines is 1. The zero-order valence-corrected chi connectivity index (χ0v) is 9.80. The molecular formula is C11H12ClF3N2. The number of rotatable bonds is 4. The standard InChI is InChI=1S/C11H12ClF3N2/c12-6-8-3-4-16-10(5-8)17(9-1-2-9)7-11(13,14)15/h3-5,9H,1-2,6-7H2. The van der Waals surface area contributed by atoms with Crippen LogP contribution >= 0.6 is 11.6 Å². The van der Waals surface area contributed by atoms with Crippen LogP contribution < -0.4 is 4.90 Å². The van der Waals surface area contributed by atoms with E-state index < -0.39 is 12.7 Å². The van der Waals surface area contributed by atoms with Gasteiger partial charge < -0.3 is 4.90 Å². The van der Waals surface area contributed by atoms with Gasteiger partial charge in [0.05, 0.1) is 0 Å². The molecule has 1 fully saturated rings. The van der Waals surface area contributed by atoms with E-state index in [4.69, 9.17) is 11.6 Å². The second kappa shape index (κ2) is 4.72. The molecule has 1 aromatic rings. The predicted molar refractivity (Wildman–Crippen MR) is 60.2 cm³/mol. The van der Waals surface area contributed by atoms with Crippen LogP contribution in [0.25, 0.3) is 0 Å². The summed E-state index contributed by atoms with van der Waals surface area (Å²) in [5.41, 5.74) is 0.782. The van der Waals surface area contributed by atoms with Crippen LogP contribution in [0.4, 0.5) is 19.0 Å². The fraction of sp³-hybridized carbons (Fsp3) is 0.545. The SMILES string of the molecule is FC(F)(F)CN(c1cc(CCl)ccn1)C1CC1. The molecule has 0 bridgehead atoms. The van der Waals surface area contributed by atoms with E-state index in [1.807, 2.05) is 0 Å². The highest BCUT2D eigenvalue weighted by Gasteiger charge is 2.38. The maximum Gasteiger partial charge on any atom is 0.405 e. The van der Waals surface area contributed by atoms with Crippen LogP contribution in [-0.4, -0.2) is 23.7 Å². The Kier molecular flexibility index (Phi) is 3.47. The molecule has 0 atom stereocenters. The van der Waals surface area contributed by atoms with Crippen molar-refractivity contribution < 1.29 is 13.2 Å². The second-order valence-electron chi connectivity index (χ2n) is 4.13. The number of aromatic nitrogens is 1. The summed E-state index contributed by atoms with van der Waals surface area (Å²) in [4.78, 5) is 5.32. The maximum atomic E-state index is 12.5. The zero-order chi connectivity index (χ0) is 12.5. The highest BCUT2D eigenvalue weighted by atomic mass is 35.5. The topological polar surface area (TPSA) is 16.1 Å². The minimum absolute atomic E-state index is 0.0327. The third-order valence-electron chi connectivity index (χ3n) is 2.60. The van der Waals surface area contributed by atoms with Crippen molar-refractivity contribution in [1.29, 1.82) is 0 Å². The van der Waals surface area contributed by atoms with Gasteiger partial charge in [0.1, 0.15) is 12.4 Å². The third-order valence-corrected chi connectivity index (χ3v) is 2.90. The summed E-state index contributed by atoms with van der Waals surface area (Å²) in [6.07, 6.45) is -1.12. The summed E-state index contributed by atoms with van der Waals surface area (Å²) in [6, 6.07) is 3.29.